The summed E-state index contributed by atoms with van der Waals surface area (Å²) in [5.41, 5.74) is 0.769. The predicted octanol–water partition coefficient (Wildman–Crippen LogP) is 2.46. The quantitative estimate of drug-likeness (QED) is 0.881. The van der Waals surface area contributed by atoms with E-state index in [4.69, 9.17) is 0 Å². The number of urea groups is 1. The Kier molecular flexibility index (Phi) is 4.05. The number of hydrogen-bond acceptors (Lipinski definition) is 2. The van der Waals surface area contributed by atoms with Crippen LogP contribution in [0.1, 0.15) is 25.7 Å². The van der Waals surface area contributed by atoms with Crippen molar-refractivity contribution in [3.05, 3.63) is 30.3 Å². The zero-order valence-corrected chi connectivity index (χ0v) is 13.0. The molecule has 2 N–H and O–H groups in total. The van der Waals surface area contributed by atoms with Crippen molar-refractivity contribution in [2.45, 2.75) is 25.7 Å². The van der Waals surface area contributed by atoms with Gasteiger partial charge in [-0.05, 0) is 25.0 Å². The second-order valence-electron chi connectivity index (χ2n) is 6.41. The molecule has 3 rings (SSSR count). The Morgan fingerprint density at radius 1 is 1.18 bits per heavy atom. The summed E-state index contributed by atoms with van der Waals surface area (Å²) in [6.45, 7) is 1.20. The van der Waals surface area contributed by atoms with E-state index in [1.165, 1.54) is 0 Å². The van der Waals surface area contributed by atoms with Crippen molar-refractivity contribution in [2.75, 3.05) is 25.5 Å². The maximum absolute atomic E-state index is 12.5. The molecule has 1 unspecified atom stereocenters. The second-order valence-corrected chi connectivity index (χ2v) is 6.41. The summed E-state index contributed by atoms with van der Waals surface area (Å²) < 4.78 is 0. The molecule has 3 amide bonds. The Labute approximate surface area is 131 Å². The molecule has 2 aliphatic rings. The Bertz CT molecular complexity index is 552. The monoisotopic (exact) mass is 301 g/mol. The van der Waals surface area contributed by atoms with Crippen LogP contribution in [0.4, 0.5) is 10.5 Å². The van der Waals surface area contributed by atoms with Crippen LogP contribution in [0.3, 0.4) is 0 Å². The van der Waals surface area contributed by atoms with E-state index in [1.807, 2.05) is 30.3 Å². The molecule has 1 aliphatic heterocycles. The smallest absolute Gasteiger partial charge is 0.321 e. The number of rotatable bonds is 2. The van der Waals surface area contributed by atoms with Gasteiger partial charge in [-0.1, -0.05) is 31.0 Å². The molecule has 118 valence electrons. The van der Waals surface area contributed by atoms with Gasteiger partial charge in [0, 0.05) is 31.2 Å². The first-order valence-electron chi connectivity index (χ1n) is 7.97. The molecule has 1 aromatic carbocycles. The minimum Gasteiger partial charge on any atom is -0.359 e. The molecule has 2 fully saturated rings. The molecule has 5 heteroatoms. The fraction of sp³-hybridized carbons (Fsp3) is 0.529. The maximum Gasteiger partial charge on any atom is 0.321 e. The van der Waals surface area contributed by atoms with Crippen molar-refractivity contribution in [1.82, 2.24) is 10.2 Å². The topological polar surface area (TPSA) is 61.4 Å². The van der Waals surface area contributed by atoms with E-state index in [2.05, 4.69) is 10.6 Å². The highest BCUT2D eigenvalue weighted by Gasteiger charge is 2.52. The van der Waals surface area contributed by atoms with Gasteiger partial charge in [-0.25, -0.2) is 4.79 Å². The van der Waals surface area contributed by atoms with Crippen LogP contribution >= 0.6 is 0 Å². The van der Waals surface area contributed by atoms with Gasteiger partial charge in [0.2, 0.25) is 5.91 Å². The molecular formula is C17H23N3O2. The second kappa shape index (κ2) is 5.99. The van der Waals surface area contributed by atoms with Crippen molar-refractivity contribution in [3.8, 4) is 0 Å². The van der Waals surface area contributed by atoms with Crippen LogP contribution in [0, 0.1) is 11.3 Å². The minimum atomic E-state index is -0.108. The molecule has 22 heavy (non-hydrogen) atoms. The molecule has 1 heterocycles. The molecule has 0 aromatic heterocycles. The summed E-state index contributed by atoms with van der Waals surface area (Å²) in [5, 5.41) is 5.69. The molecule has 5 nitrogen and oxygen atoms in total. The first-order valence-corrected chi connectivity index (χ1v) is 7.97. The van der Waals surface area contributed by atoms with Gasteiger partial charge in [0.25, 0.3) is 0 Å². The number of hydrogen-bond donors (Lipinski definition) is 2. The van der Waals surface area contributed by atoms with Gasteiger partial charge >= 0.3 is 6.03 Å². The van der Waals surface area contributed by atoms with Crippen molar-refractivity contribution >= 4 is 17.6 Å². The summed E-state index contributed by atoms with van der Waals surface area (Å²) in [5.74, 6) is -0.0153. The molecule has 1 saturated carbocycles. The molecule has 1 saturated heterocycles. The zero-order valence-electron chi connectivity index (χ0n) is 13.0. The zero-order chi connectivity index (χ0) is 15.6. The number of anilines is 1. The molecule has 1 atom stereocenters. The van der Waals surface area contributed by atoms with E-state index in [-0.39, 0.29) is 23.3 Å². The maximum atomic E-state index is 12.5. The molecule has 1 spiro atoms. The third-order valence-electron chi connectivity index (χ3n) is 5.12. The number of benzene rings is 1. The normalized spacial score (nSPS) is 22.8. The van der Waals surface area contributed by atoms with E-state index in [0.29, 0.717) is 13.1 Å². The number of para-hydroxylation sites is 1. The standard InChI is InChI=1S/C17H23N3O2/c1-18-15(21)14-11-20(12-17(14)9-5-6-10-17)16(22)19-13-7-3-2-4-8-13/h2-4,7-8,14H,5-6,9-12H2,1H3,(H,18,21)(H,19,22). The van der Waals surface area contributed by atoms with Gasteiger partial charge < -0.3 is 15.5 Å². The average molecular weight is 301 g/mol. The van der Waals surface area contributed by atoms with Crippen LogP contribution in [0.5, 0.6) is 0 Å². The first-order chi connectivity index (χ1) is 10.6. The Morgan fingerprint density at radius 3 is 2.50 bits per heavy atom. The number of nitrogens with one attached hydrogen (secondary N) is 2. The number of carbonyl (C=O) groups excluding carboxylic acids is 2. The third-order valence-corrected chi connectivity index (χ3v) is 5.12. The van der Waals surface area contributed by atoms with Gasteiger partial charge in [-0.15, -0.1) is 0 Å². The summed E-state index contributed by atoms with van der Waals surface area (Å²) >= 11 is 0. The molecule has 0 bridgehead atoms. The lowest BCUT2D eigenvalue weighted by atomic mass is 9.76. The van der Waals surface area contributed by atoms with Crippen molar-refractivity contribution in [3.63, 3.8) is 0 Å². The summed E-state index contributed by atoms with van der Waals surface area (Å²) in [7, 11) is 1.68. The minimum absolute atomic E-state index is 0.0197. The molecule has 1 aliphatic carbocycles. The molecule has 0 radical (unpaired) electrons. The lowest BCUT2D eigenvalue weighted by Crippen LogP contribution is -2.38. The van der Waals surface area contributed by atoms with Crippen LogP contribution in [0.15, 0.2) is 30.3 Å². The Hall–Kier alpha value is -2.04. The summed E-state index contributed by atoms with van der Waals surface area (Å²) in [4.78, 5) is 26.5. The van der Waals surface area contributed by atoms with Crippen LogP contribution in [0.25, 0.3) is 0 Å². The van der Waals surface area contributed by atoms with Crippen LogP contribution in [0.2, 0.25) is 0 Å². The lowest BCUT2D eigenvalue weighted by Gasteiger charge is -2.28. The third kappa shape index (κ3) is 2.67. The van der Waals surface area contributed by atoms with E-state index in [9.17, 15) is 9.59 Å². The largest absolute Gasteiger partial charge is 0.359 e. The van der Waals surface area contributed by atoms with Gasteiger partial charge in [0.05, 0.1) is 5.92 Å². The van der Waals surface area contributed by atoms with Gasteiger partial charge in [-0.3, -0.25) is 4.79 Å². The summed E-state index contributed by atoms with van der Waals surface area (Å²) in [6, 6.07) is 9.34. The number of nitrogens with zero attached hydrogens (tertiary/aromatic N) is 1. The molecule has 1 aromatic rings. The van der Waals surface area contributed by atoms with E-state index >= 15 is 0 Å². The lowest BCUT2D eigenvalue weighted by molar-refractivity contribution is -0.127. The van der Waals surface area contributed by atoms with Crippen LogP contribution in [-0.4, -0.2) is 37.0 Å². The number of likely N-dealkylation sites (tertiary alicyclic amines) is 1. The fourth-order valence-electron chi connectivity index (χ4n) is 3.97. The van der Waals surface area contributed by atoms with Crippen LogP contribution in [-0.2, 0) is 4.79 Å². The number of carbonyl (C=O) groups is 2. The SMILES string of the molecule is CNC(=O)C1CN(C(=O)Nc2ccccc2)CC12CCCC2. The highest BCUT2D eigenvalue weighted by Crippen LogP contribution is 2.49. The van der Waals surface area contributed by atoms with E-state index in [0.717, 1.165) is 31.4 Å². The number of amides is 3. The highest BCUT2D eigenvalue weighted by molar-refractivity contribution is 5.90. The van der Waals surface area contributed by atoms with Crippen molar-refractivity contribution < 1.29 is 9.59 Å². The van der Waals surface area contributed by atoms with E-state index in [1.54, 1.807) is 11.9 Å². The Balaban J connectivity index is 1.73. The average Bonchev–Trinajstić information content (AvgIpc) is 3.16. The summed E-state index contributed by atoms with van der Waals surface area (Å²) in [6.07, 6.45) is 4.39. The van der Waals surface area contributed by atoms with E-state index < -0.39 is 0 Å². The van der Waals surface area contributed by atoms with Crippen LogP contribution < -0.4 is 10.6 Å². The fourth-order valence-corrected chi connectivity index (χ4v) is 3.97. The first kappa shape index (κ1) is 14.9. The highest BCUT2D eigenvalue weighted by atomic mass is 16.2. The Morgan fingerprint density at radius 2 is 1.86 bits per heavy atom. The van der Waals surface area contributed by atoms with Crippen molar-refractivity contribution in [2.24, 2.45) is 11.3 Å². The molecular weight excluding hydrogens is 278 g/mol. The predicted molar refractivity (Wildman–Crippen MR) is 85.5 cm³/mol. The van der Waals surface area contributed by atoms with Gasteiger partial charge in [0.1, 0.15) is 0 Å². The van der Waals surface area contributed by atoms with Gasteiger partial charge in [0.15, 0.2) is 0 Å². The van der Waals surface area contributed by atoms with Crippen molar-refractivity contribution in [1.29, 1.82) is 0 Å². The van der Waals surface area contributed by atoms with Gasteiger partial charge in [-0.2, -0.15) is 0 Å².